The number of Topliss-reactive ketones (excluding diaryl/α,β-unsaturated/α-hetero) is 1. The fraction of sp³-hybridized carbons (Fsp3) is 0.750. The third kappa shape index (κ3) is 2.12. The number of nitrogens with zero attached hydrogens (tertiary/aromatic N) is 1. The van der Waals surface area contributed by atoms with Crippen LogP contribution in [0.1, 0.15) is 6.92 Å². The molecule has 1 N–H and O–H groups in total. The number of nitrogens with one attached hydrogen (secondary N) is 1. The number of carbonyl (C=O) groups excluding carboxylic acids is 2. The van der Waals surface area contributed by atoms with Crippen LogP contribution in [0.15, 0.2) is 0 Å². The molecule has 0 aromatic rings. The first-order valence-electron chi connectivity index (χ1n) is 4.22. The van der Waals surface area contributed by atoms with E-state index in [0.29, 0.717) is 12.8 Å². The molecule has 0 bridgehead atoms. The Morgan fingerprint density at radius 1 is 1.75 bits per heavy atom. The lowest BCUT2D eigenvalue weighted by molar-refractivity contribution is -0.131. The molecule has 0 amide bonds. The highest BCUT2D eigenvalue weighted by Gasteiger charge is 2.23. The maximum Gasteiger partial charge on any atom is 0.213 e. The van der Waals surface area contributed by atoms with Gasteiger partial charge in [0.05, 0.1) is 6.04 Å². The second-order valence-corrected chi connectivity index (χ2v) is 2.92. The summed E-state index contributed by atoms with van der Waals surface area (Å²) in [6.45, 7) is 5.39. The molecular formula is C8H14N2O2. The second-order valence-electron chi connectivity index (χ2n) is 2.92. The smallest absolute Gasteiger partial charge is 0.213 e. The topological polar surface area (TPSA) is 49.4 Å². The third-order valence-electron chi connectivity index (χ3n) is 2.17. The molecule has 0 aromatic heterocycles. The van der Waals surface area contributed by atoms with E-state index in [1.165, 1.54) is 0 Å². The molecule has 1 aliphatic rings. The average molecular weight is 170 g/mol. The van der Waals surface area contributed by atoms with E-state index in [-0.39, 0.29) is 11.8 Å². The normalized spacial score (nSPS) is 25.2. The first-order chi connectivity index (χ1) is 5.77. The molecule has 1 aliphatic heterocycles. The molecule has 1 fully saturated rings. The highest BCUT2D eigenvalue weighted by Crippen LogP contribution is 1.98. The Bertz CT molecular complexity index is 182. The zero-order chi connectivity index (χ0) is 8.97. The van der Waals surface area contributed by atoms with Crippen LogP contribution in [0, 0.1) is 0 Å². The van der Waals surface area contributed by atoms with Crippen LogP contribution in [0.4, 0.5) is 0 Å². The van der Waals surface area contributed by atoms with E-state index in [0.717, 1.165) is 19.6 Å². The number of likely N-dealkylation sites (N-methyl/N-ethyl adjacent to an activating group) is 1. The molecule has 0 aliphatic carbocycles. The molecule has 12 heavy (non-hydrogen) atoms. The van der Waals surface area contributed by atoms with Crippen molar-refractivity contribution in [1.82, 2.24) is 10.2 Å². The molecule has 0 saturated carbocycles. The van der Waals surface area contributed by atoms with Gasteiger partial charge < -0.3 is 10.2 Å². The predicted molar refractivity (Wildman–Crippen MR) is 45.0 cm³/mol. The van der Waals surface area contributed by atoms with Crippen molar-refractivity contribution in [2.75, 3.05) is 26.2 Å². The van der Waals surface area contributed by atoms with Crippen molar-refractivity contribution in [3.63, 3.8) is 0 Å². The van der Waals surface area contributed by atoms with Crippen molar-refractivity contribution in [3.05, 3.63) is 0 Å². The van der Waals surface area contributed by atoms with E-state index in [1.807, 2.05) is 6.92 Å². The van der Waals surface area contributed by atoms with Gasteiger partial charge in [0, 0.05) is 19.6 Å². The summed E-state index contributed by atoms with van der Waals surface area (Å²) in [4.78, 5) is 23.3. The zero-order valence-corrected chi connectivity index (χ0v) is 7.25. The summed E-state index contributed by atoms with van der Waals surface area (Å²) in [5.74, 6) is -0.340. The molecule has 1 rings (SSSR count). The molecule has 1 saturated heterocycles. The third-order valence-corrected chi connectivity index (χ3v) is 2.17. The van der Waals surface area contributed by atoms with Crippen LogP contribution in [0.2, 0.25) is 0 Å². The van der Waals surface area contributed by atoms with Gasteiger partial charge in [0.2, 0.25) is 5.78 Å². The van der Waals surface area contributed by atoms with E-state index in [9.17, 15) is 9.59 Å². The molecule has 0 spiro atoms. The number of aldehydes is 1. The van der Waals surface area contributed by atoms with Crippen LogP contribution in [0.3, 0.4) is 0 Å². The Balaban J connectivity index is 2.45. The number of piperazine rings is 1. The summed E-state index contributed by atoms with van der Waals surface area (Å²) in [5, 5.41) is 3.01. The molecule has 68 valence electrons. The monoisotopic (exact) mass is 170 g/mol. The van der Waals surface area contributed by atoms with Gasteiger partial charge in [0.25, 0.3) is 0 Å². The first kappa shape index (κ1) is 9.35. The number of hydrogen-bond donors (Lipinski definition) is 1. The molecule has 1 unspecified atom stereocenters. The van der Waals surface area contributed by atoms with Gasteiger partial charge in [-0.1, -0.05) is 6.92 Å². The van der Waals surface area contributed by atoms with Crippen molar-refractivity contribution in [3.8, 4) is 0 Å². The van der Waals surface area contributed by atoms with E-state index in [1.54, 1.807) is 0 Å². The van der Waals surface area contributed by atoms with Gasteiger partial charge >= 0.3 is 0 Å². The molecular weight excluding hydrogens is 156 g/mol. The van der Waals surface area contributed by atoms with Gasteiger partial charge in [-0.25, -0.2) is 0 Å². The van der Waals surface area contributed by atoms with Crippen LogP contribution in [0.5, 0.6) is 0 Å². The predicted octanol–water partition coefficient (Wildman–Crippen LogP) is -0.952. The fourth-order valence-electron chi connectivity index (χ4n) is 1.37. The van der Waals surface area contributed by atoms with Crippen LogP contribution < -0.4 is 5.32 Å². The van der Waals surface area contributed by atoms with Crippen LogP contribution in [-0.2, 0) is 9.59 Å². The van der Waals surface area contributed by atoms with E-state index in [2.05, 4.69) is 10.2 Å². The summed E-state index contributed by atoms with van der Waals surface area (Å²) in [7, 11) is 0. The first-order valence-corrected chi connectivity index (χ1v) is 4.22. The number of rotatable bonds is 3. The summed E-state index contributed by atoms with van der Waals surface area (Å²) < 4.78 is 0. The SMILES string of the molecule is CCN1CCNC(C(=O)C=O)C1. The lowest BCUT2D eigenvalue weighted by Gasteiger charge is -2.30. The molecule has 1 atom stereocenters. The minimum absolute atomic E-state index is 0.281. The Morgan fingerprint density at radius 2 is 2.50 bits per heavy atom. The molecule has 0 aromatic carbocycles. The van der Waals surface area contributed by atoms with E-state index >= 15 is 0 Å². The molecule has 4 heteroatoms. The Morgan fingerprint density at radius 3 is 3.08 bits per heavy atom. The summed E-state index contributed by atoms with van der Waals surface area (Å²) in [6.07, 6.45) is 0.400. The fourth-order valence-corrected chi connectivity index (χ4v) is 1.37. The van der Waals surface area contributed by atoms with Crippen molar-refractivity contribution in [2.24, 2.45) is 0 Å². The Kier molecular flexibility index (Phi) is 3.37. The molecule has 1 heterocycles. The number of hydrogen-bond acceptors (Lipinski definition) is 4. The lowest BCUT2D eigenvalue weighted by atomic mass is 10.1. The standard InChI is InChI=1S/C8H14N2O2/c1-2-10-4-3-9-7(5-10)8(12)6-11/h6-7,9H,2-5H2,1H3. The summed E-state index contributed by atoms with van der Waals surface area (Å²) in [5.41, 5.74) is 0. The van der Waals surface area contributed by atoms with Gasteiger partial charge in [-0.15, -0.1) is 0 Å². The van der Waals surface area contributed by atoms with Gasteiger partial charge in [0.1, 0.15) is 0 Å². The minimum atomic E-state index is -0.340. The van der Waals surface area contributed by atoms with Crippen LogP contribution >= 0.6 is 0 Å². The van der Waals surface area contributed by atoms with Crippen LogP contribution in [-0.4, -0.2) is 49.2 Å². The lowest BCUT2D eigenvalue weighted by Crippen LogP contribution is -2.54. The average Bonchev–Trinajstić information content (AvgIpc) is 2.17. The van der Waals surface area contributed by atoms with Gasteiger partial charge in [0.15, 0.2) is 6.29 Å². The summed E-state index contributed by atoms with van der Waals surface area (Å²) >= 11 is 0. The Hall–Kier alpha value is -0.740. The van der Waals surface area contributed by atoms with Gasteiger partial charge in [-0.05, 0) is 6.54 Å². The number of carbonyl (C=O) groups is 2. The van der Waals surface area contributed by atoms with Crippen LogP contribution in [0.25, 0.3) is 0 Å². The number of ketones is 1. The quantitative estimate of drug-likeness (QED) is 0.438. The maximum absolute atomic E-state index is 11.0. The van der Waals surface area contributed by atoms with Gasteiger partial charge in [-0.3, -0.25) is 9.59 Å². The largest absolute Gasteiger partial charge is 0.305 e. The van der Waals surface area contributed by atoms with Crippen molar-refractivity contribution in [2.45, 2.75) is 13.0 Å². The Labute approximate surface area is 71.9 Å². The maximum atomic E-state index is 11.0. The van der Waals surface area contributed by atoms with Crippen molar-refractivity contribution in [1.29, 1.82) is 0 Å². The van der Waals surface area contributed by atoms with Gasteiger partial charge in [-0.2, -0.15) is 0 Å². The summed E-state index contributed by atoms with van der Waals surface area (Å²) in [6, 6.07) is -0.281. The highest BCUT2D eigenvalue weighted by molar-refractivity contribution is 6.27. The van der Waals surface area contributed by atoms with Crippen molar-refractivity contribution < 1.29 is 9.59 Å². The van der Waals surface area contributed by atoms with E-state index < -0.39 is 0 Å². The molecule has 0 radical (unpaired) electrons. The minimum Gasteiger partial charge on any atom is -0.305 e. The van der Waals surface area contributed by atoms with Crippen molar-refractivity contribution >= 4 is 12.1 Å². The zero-order valence-electron chi connectivity index (χ0n) is 7.25. The second kappa shape index (κ2) is 4.33. The van der Waals surface area contributed by atoms with E-state index in [4.69, 9.17) is 0 Å². The molecule has 4 nitrogen and oxygen atoms in total. The highest BCUT2D eigenvalue weighted by atomic mass is 16.2.